The predicted molar refractivity (Wildman–Crippen MR) is 112 cm³/mol. The molecule has 0 radical (unpaired) electrons. The summed E-state index contributed by atoms with van der Waals surface area (Å²) < 4.78 is 0. The van der Waals surface area contributed by atoms with Crippen LogP contribution in [0, 0.1) is 10.1 Å². The molecule has 160 valence electrons. The van der Waals surface area contributed by atoms with E-state index in [4.69, 9.17) is 10.2 Å². The van der Waals surface area contributed by atoms with Gasteiger partial charge in [-0.3, -0.25) is 15.0 Å². The van der Waals surface area contributed by atoms with Crippen molar-refractivity contribution in [3.8, 4) is 0 Å². The second-order valence-corrected chi connectivity index (χ2v) is 6.17. The molecule has 1 unspecified atom stereocenters. The Hall–Kier alpha value is -3.79. The van der Waals surface area contributed by atoms with Crippen LogP contribution in [0.15, 0.2) is 60.8 Å². The van der Waals surface area contributed by atoms with Crippen LogP contribution in [0.2, 0.25) is 0 Å². The van der Waals surface area contributed by atoms with E-state index in [0.29, 0.717) is 18.0 Å². The number of hydrogen-bond acceptors (Lipinski definition) is 7. The topological polar surface area (TPSA) is 137 Å². The van der Waals surface area contributed by atoms with Gasteiger partial charge in [0.1, 0.15) is 0 Å². The van der Waals surface area contributed by atoms with Gasteiger partial charge in [-0.2, -0.15) is 0 Å². The minimum absolute atomic E-state index is 0.00616. The first-order valence-electron chi connectivity index (χ1n) is 8.93. The Balaban J connectivity index is 0.000000479. The van der Waals surface area contributed by atoms with Gasteiger partial charge in [-0.05, 0) is 38.7 Å². The maximum Gasteiger partial charge on any atom is 0.328 e. The van der Waals surface area contributed by atoms with Crippen LogP contribution < -0.4 is 4.90 Å². The number of hydrogen-bond donors (Lipinski definition) is 2. The predicted octanol–water partition coefficient (Wildman–Crippen LogP) is 3.14. The van der Waals surface area contributed by atoms with E-state index in [2.05, 4.69) is 11.9 Å². The molecule has 2 rings (SSSR count). The number of nitro groups is 1. The van der Waals surface area contributed by atoms with Gasteiger partial charge in [-0.15, -0.1) is 0 Å². The van der Waals surface area contributed by atoms with Gasteiger partial charge in [0, 0.05) is 30.1 Å². The van der Waals surface area contributed by atoms with Crippen molar-refractivity contribution >= 4 is 29.1 Å². The molecule has 1 aromatic carbocycles. The average Bonchev–Trinajstić information content (AvgIpc) is 2.71. The third kappa shape index (κ3) is 7.32. The van der Waals surface area contributed by atoms with Crippen LogP contribution in [0.3, 0.4) is 0 Å². The number of anilines is 2. The lowest BCUT2D eigenvalue weighted by atomic mass is 10.2. The lowest BCUT2D eigenvalue weighted by Gasteiger charge is -2.36. The number of pyridine rings is 1. The Morgan fingerprint density at radius 1 is 1.10 bits per heavy atom. The first-order valence-corrected chi connectivity index (χ1v) is 8.93. The Kier molecular flexibility index (Phi) is 9.63. The van der Waals surface area contributed by atoms with Crippen molar-refractivity contribution in [3.05, 3.63) is 70.9 Å². The Bertz CT molecular complexity index is 870. The fourth-order valence-corrected chi connectivity index (χ4v) is 2.66. The smallest absolute Gasteiger partial charge is 0.328 e. The number of carbonyl (C=O) groups is 2. The molecule has 0 saturated carbocycles. The minimum atomic E-state index is -1.26. The third-order valence-corrected chi connectivity index (χ3v) is 3.85. The molecule has 0 bridgehead atoms. The van der Waals surface area contributed by atoms with E-state index in [0.717, 1.165) is 12.1 Å². The van der Waals surface area contributed by atoms with Gasteiger partial charge in [0.15, 0.2) is 0 Å². The van der Waals surface area contributed by atoms with E-state index in [1.165, 1.54) is 6.07 Å². The van der Waals surface area contributed by atoms with Gasteiger partial charge in [-0.1, -0.05) is 25.1 Å². The van der Waals surface area contributed by atoms with Gasteiger partial charge in [-0.25, -0.2) is 14.6 Å². The normalized spacial score (nSPS) is 11.5. The van der Waals surface area contributed by atoms with Crippen LogP contribution >= 0.6 is 0 Å². The average molecular weight is 416 g/mol. The van der Waals surface area contributed by atoms with Crippen molar-refractivity contribution < 1.29 is 24.7 Å². The number of aliphatic carboxylic acids is 2. The second-order valence-electron chi connectivity index (χ2n) is 6.17. The summed E-state index contributed by atoms with van der Waals surface area (Å²) in [7, 11) is 3.91. The summed E-state index contributed by atoms with van der Waals surface area (Å²) in [4.78, 5) is 38.3. The summed E-state index contributed by atoms with van der Waals surface area (Å²) in [5.41, 5.74) is 0.886. The van der Waals surface area contributed by atoms with Crippen LogP contribution in [-0.2, 0) is 9.59 Å². The summed E-state index contributed by atoms with van der Waals surface area (Å²) in [5, 5.41) is 27.0. The van der Waals surface area contributed by atoms with Gasteiger partial charge in [0.25, 0.3) is 0 Å². The zero-order valence-electron chi connectivity index (χ0n) is 16.9. The molecule has 30 heavy (non-hydrogen) atoms. The fraction of sp³-hybridized carbons (Fsp3) is 0.250. The Morgan fingerprint density at radius 3 is 2.10 bits per heavy atom. The van der Waals surface area contributed by atoms with Crippen LogP contribution in [0.1, 0.15) is 13.3 Å². The van der Waals surface area contributed by atoms with E-state index in [-0.39, 0.29) is 16.8 Å². The highest BCUT2D eigenvalue weighted by Crippen LogP contribution is 2.34. The van der Waals surface area contributed by atoms with Crippen molar-refractivity contribution in [2.75, 3.05) is 19.0 Å². The molecule has 10 heteroatoms. The molecule has 0 amide bonds. The largest absolute Gasteiger partial charge is 0.478 e. The van der Waals surface area contributed by atoms with E-state index in [9.17, 15) is 19.7 Å². The highest BCUT2D eigenvalue weighted by Gasteiger charge is 2.28. The van der Waals surface area contributed by atoms with Crippen molar-refractivity contribution in [1.82, 2.24) is 9.88 Å². The number of para-hydroxylation sites is 1. The molecule has 1 heterocycles. The van der Waals surface area contributed by atoms with E-state index in [1.54, 1.807) is 12.3 Å². The first kappa shape index (κ1) is 24.2. The molecular weight excluding hydrogens is 392 g/mol. The quantitative estimate of drug-likeness (QED) is 0.288. The third-order valence-electron chi connectivity index (χ3n) is 3.85. The molecule has 0 aliphatic heterocycles. The number of carboxylic acid groups (broad SMARTS) is 2. The van der Waals surface area contributed by atoms with Gasteiger partial charge >= 0.3 is 17.6 Å². The summed E-state index contributed by atoms with van der Waals surface area (Å²) in [6.07, 6.45) is 3.47. The molecule has 10 nitrogen and oxygen atoms in total. The van der Waals surface area contributed by atoms with Gasteiger partial charge in [0.2, 0.25) is 5.82 Å². The van der Waals surface area contributed by atoms with E-state index in [1.807, 2.05) is 54.2 Å². The summed E-state index contributed by atoms with van der Waals surface area (Å²) >= 11 is 0. The minimum Gasteiger partial charge on any atom is -0.478 e. The van der Waals surface area contributed by atoms with Crippen molar-refractivity contribution in [3.63, 3.8) is 0 Å². The number of aromatic nitrogens is 1. The lowest BCUT2D eigenvalue weighted by molar-refractivity contribution is -0.384. The fourth-order valence-electron chi connectivity index (χ4n) is 2.66. The molecule has 2 N–H and O–H groups in total. The molecule has 0 spiro atoms. The lowest BCUT2D eigenvalue weighted by Crippen LogP contribution is -2.42. The van der Waals surface area contributed by atoms with Crippen molar-refractivity contribution in [1.29, 1.82) is 0 Å². The summed E-state index contributed by atoms with van der Waals surface area (Å²) in [6.45, 7) is 2.05. The molecule has 0 saturated heterocycles. The molecule has 0 fully saturated rings. The maximum absolute atomic E-state index is 11.4. The van der Waals surface area contributed by atoms with E-state index >= 15 is 0 Å². The highest BCUT2D eigenvalue weighted by atomic mass is 16.6. The molecule has 2 aromatic rings. The number of nitrogens with zero attached hydrogens (tertiary/aromatic N) is 4. The van der Waals surface area contributed by atoms with Crippen molar-refractivity contribution in [2.24, 2.45) is 0 Å². The molecular formula is C20H24N4O6. The number of benzene rings is 1. The number of carboxylic acids is 2. The maximum atomic E-state index is 11.4. The standard InChI is InChI=1S/C16H20N4O2.C4H4O4/c1-4-15(18(2)3)19(13-9-6-5-7-10-13)16-14(20(21)22)11-8-12-17-16;5-3(6)1-2-4(7)8/h5-12,15H,4H2,1-3H3;1-2H,(H,5,6)(H,7,8). The van der Waals surface area contributed by atoms with Crippen LogP contribution in [0.25, 0.3) is 0 Å². The Labute approximate surface area is 173 Å². The molecule has 1 atom stereocenters. The molecule has 0 aliphatic carbocycles. The summed E-state index contributed by atoms with van der Waals surface area (Å²) in [5.74, 6) is -2.15. The van der Waals surface area contributed by atoms with Crippen LogP contribution in [0.5, 0.6) is 0 Å². The molecule has 0 aliphatic rings. The zero-order chi connectivity index (χ0) is 22.7. The van der Waals surface area contributed by atoms with Crippen LogP contribution in [0.4, 0.5) is 17.2 Å². The highest BCUT2D eigenvalue weighted by molar-refractivity contribution is 5.89. The Morgan fingerprint density at radius 2 is 1.67 bits per heavy atom. The zero-order valence-corrected chi connectivity index (χ0v) is 16.9. The SMILES string of the molecule is CCC(N(C)C)N(c1ccccc1)c1ncccc1[N+](=O)[O-].O=C(O)C=CC(=O)O. The first-order chi connectivity index (χ1) is 14.2. The van der Waals surface area contributed by atoms with Gasteiger partial charge < -0.3 is 15.1 Å². The van der Waals surface area contributed by atoms with Crippen LogP contribution in [-0.4, -0.2) is 57.2 Å². The second kappa shape index (κ2) is 11.9. The number of rotatable bonds is 8. The van der Waals surface area contributed by atoms with E-state index < -0.39 is 11.9 Å². The summed E-state index contributed by atoms with van der Waals surface area (Å²) in [6, 6.07) is 12.7. The van der Waals surface area contributed by atoms with Gasteiger partial charge in [0.05, 0.1) is 11.1 Å². The monoisotopic (exact) mass is 416 g/mol. The molecule has 1 aromatic heterocycles. The van der Waals surface area contributed by atoms with Crippen molar-refractivity contribution in [2.45, 2.75) is 19.5 Å².